The summed E-state index contributed by atoms with van der Waals surface area (Å²) in [5.41, 5.74) is 0.738. The van der Waals surface area contributed by atoms with E-state index in [-0.39, 0.29) is 23.3 Å². The maximum Gasteiger partial charge on any atom is 0.312 e. The van der Waals surface area contributed by atoms with Crippen molar-refractivity contribution in [3.05, 3.63) is 42.4 Å². The highest BCUT2D eigenvalue weighted by Gasteiger charge is 2.50. The van der Waals surface area contributed by atoms with Crippen LogP contribution in [0.15, 0.2) is 41.1 Å². The Bertz CT molecular complexity index is 912. The lowest BCUT2D eigenvalue weighted by Gasteiger charge is -2.41. The van der Waals surface area contributed by atoms with Crippen molar-refractivity contribution >= 4 is 17.5 Å². The maximum absolute atomic E-state index is 13.2. The Hall–Kier alpha value is -2.61. The highest BCUT2D eigenvalue weighted by molar-refractivity contribution is 5.79. The molecule has 1 spiro atoms. The van der Waals surface area contributed by atoms with Crippen LogP contribution in [0.1, 0.15) is 32.6 Å². The Morgan fingerprint density at radius 1 is 1.12 bits per heavy atom. The Morgan fingerprint density at radius 2 is 1.91 bits per heavy atom. The molecule has 2 aromatic rings. The van der Waals surface area contributed by atoms with Gasteiger partial charge in [-0.1, -0.05) is 5.16 Å². The van der Waals surface area contributed by atoms with Crippen molar-refractivity contribution in [3.63, 3.8) is 0 Å². The number of carbonyl (C=O) groups is 1. The van der Waals surface area contributed by atoms with Crippen LogP contribution in [-0.2, 0) is 9.53 Å². The SMILES string of the molecule is C[C@@H]1CN(CC[C@H]2CC3(CCN(c4ccon4)CC3)C(=O)O2)CCN1c1ccc(F)cc1. The number of benzene rings is 1. The topological polar surface area (TPSA) is 62.1 Å². The molecule has 5 rings (SSSR count). The molecule has 1 aromatic carbocycles. The molecular formula is C24H31FN4O3. The molecule has 3 saturated heterocycles. The third-order valence-corrected chi connectivity index (χ3v) is 7.43. The summed E-state index contributed by atoms with van der Waals surface area (Å²) in [4.78, 5) is 19.7. The van der Waals surface area contributed by atoms with Crippen LogP contribution in [0.25, 0.3) is 0 Å². The number of hydrogen-bond acceptors (Lipinski definition) is 7. The number of anilines is 2. The van der Waals surface area contributed by atoms with Gasteiger partial charge >= 0.3 is 5.97 Å². The number of aromatic nitrogens is 1. The lowest BCUT2D eigenvalue weighted by atomic mass is 9.75. The van der Waals surface area contributed by atoms with Gasteiger partial charge in [-0.3, -0.25) is 9.69 Å². The fourth-order valence-electron chi connectivity index (χ4n) is 5.52. The van der Waals surface area contributed by atoms with Crippen LogP contribution >= 0.6 is 0 Å². The smallest absolute Gasteiger partial charge is 0.312 e. The van der Waals surface area contributed by atoms with Gasteiger partial charge in [-0.25, -0.2) is 4.39 Å². The lowest BCUT2D eigenvalue weighted by Crippen LogP contribution is -2.52. The summed E-state index contributed by atoms with van der Waals surface area (Å²) in [7, 11) is 0. The Morgan fingerprint density at radius 3 is 2.59 bits per heavy atom. The number of cyclic esters (lactones) is 1. The zero-order valence-corrected chi connectivity index (χ0v) is 18.6. The van der Waals surface area contributed by atoms with Crippen molar-refractivity contribution in [3.8, 4) is 0 Å². The minimum Gasteiger partial charge on any atom is -0.462 e. The summed E-state index contributed by atoms with van der Waals surface area (Å²) >= 11 is 0. The Labute approximate surface area is 188 Å². The van der Waals surface area contributed by atoms with E-state index in [2.05, 4.69) is 26.8 Å². The van der Waals surface area contributed by atoms with Crippen molar-refractivity contribution in [2.45, 2.75) is 44.8 Å². The van der Waals surface area contributed by atoms with Gasteiger partial charge in [0.15, 0.2) is 5.82 Å². The van der Waals surface area contributed by atoms with Crippen molar-refractivity contribution in [1.82, 2.24) is 10.1 Å². The Balaban J connectivity index is 1.10. The second-order valence-corrected chi connectivity index (χ2v) is 9.46. The normalized spacial score (nSPS) is 26.0. The molecule has 0 radical (unpaired) electrons. The minimum absolute atomic E-state index is 0.00605. The molecule has 32 heavy (non-hydrogen) atoms. The van der Waals surface area contributed by atoms with Crippen molar-refractivity contribution in [2.75, 3.05) is 49.1 Å². The van der Waals surface area contributed by atoms with Gasteiger partial charge in [0.05, 0.1) is 5.41 Å². The van der Waals surface area contributed by atoms with Gasteiger partial charge in [-0.2, -0.15) is 0 Å². The van der Waals surface area contributed by atoms with E-state index in [0.717, 1.165) is 76.5 Å². The molecule has 0 aliphatic carbocycles. The summed E-state index contributed by atoms with van der Waals surface area (Å²) in [6.45, 7) is 7.58. The first-order valence-electron chi connectivity index (χ1n) is 11.6. The molecular weight excluding hydrogens is 411 g/mol. The van der Waals surface area contributed by atoms with E-state index in [4.69, 9.17) is 9.26 Å². The molecule has 1 aromatic heterocycles. The number of nitrogens with zero attached hydrogens (tertiary/aromatic N) is 4. The summed E-state index contributed by atoms with van der Waals surface area (Å²) in [6.07, 6.45) is 4.91. The van der Waals surface area contributed by atoms with E-state index in [1.165, 1.54) is 12.1 Å². The molecule has 0 bridgehead atoms. The average molecular weight is 443 g/mol. The average Bonchev–Trinajstić information content (AvgIpc) is 3.43. The van der Waals surface area contributed by atoms with Gasteiger partial charge in [0.1, 0.15) is 18.2 Å². The van der Waals surface area contributed by atoms with E-state index < -0.39 is 0 Å². The molecule has 172 valence electrons. The van der Waals surface area contributed by atoms with Crippen LogP contribution in [0, 0.1) is 11.2 Å². The van der Waals surface area contributed by atoms with Crippen molar-refractivity contribution in [1.29, 1.82) is 0 Å². The van der Waals surface area contributed by atoms with E-state index in [1.54, 1.807) is 6.26 Å². The molecule has 3 aliphatic heterocycles. The zero-order chi connectivity index (χ0) is 22.1. The van der Waals surface area contributed by atoms with E-state index in [9.17, 15) is 9.18 Å². The van der Waals surface area contributed by atoms with Crippen molar-refractivity contribution in [2.24, 2.45) is 5.41 Å². The van der Waals surface area contributed by atoms with Crippen LogP contribution in [0.3, 0.4) is 0 Å². The van der Waals surface area contributed by atoms with Crippen LogP contribution in [0.5, 0.6) is 0 Å². The number of halogens is 1. The first-order chi connectivity index (χ1) is 15.5. The molecule has 3 aliphatic rings. The monoisotopic (exact) mass is 442 g/mol. The summed E-state index contributed by atoms with van der Waals surface area (Å²) < 4.78 is 24.0. The molecule has 7 nitrogen and oxygen atoms in total. The molecule has 0 N–H and O–H groups in total. The van der Waals surface area contributed by atoms with Crippen molar-refractivity contribution < 1.29 is 18.4 Å². The molecule has 3 fully saturated rings. The van der Waals surface area contributed by atoms with E-state index in [0.29, 0.717) is 6.04 Å². The molecule has 0 unspecified atom stereocenters. The third-order valence-electron chi connectivity index (χ3n) is 7.43. The van der Waals surface area contributed by atoms with E-state index >= 15 is 0 Å². The largest absolute Gasteiger partial charge is 0.462 e. The number of piperidine rings is 1. The highest BCUT2D eigenvalue weighted by Crippen LogP contribution is 2.44. The molecule has 2 atom stereocenters. The highest BCUT2D eigenvalue weighted by atomic mass is 19.1. The molecule has 4 heterocycles. The Kier molecular flexibility index (Phi) is 5.80. The van der Waals surface area contributed by atoms with Gasteiger partial charge in [0, 0.05) is 63.5 Å². The number of rotatable bonds is 5. The predicted octanol–water partition coefficient (Wildman–Crippen LogP) is 3.32. The number of ether oxygens (including phenoxy) is 1. The number of piperazine rings is 1. The van der Waals surface area contributed by atoms with Gasteiger partial charge in [0.2, 0.25) is 0 Å². The molecule has 0 amide bonds. The predicted molar refractivity (Wildman–Crippen MR) is 119 cm³/mol. The second kappa shape index (κ2) is 8.73. The minimum atomic E-state index is -0.334. The van der Waals surface area contributed by atoms with Gasteiger partial charge in [0.25, 0.3) is 0 Å². The van der Waals surface area contributed by atoms with Crippen LogP contribution in [0.2, 0.25) is 0 Å². The summed E-state index contributed by atoms with van der Waals surface area (Å²) in [5, 5.41) is 4.01. The van der Waals surface area contributed by atoms with Gasteiger partial charge in [-0.05, 0) is 50.5 Å². The van der Waals surface area contributed by atoms with Crippen LogP contribution in [-0.4, -0.2) is 67.4 Å². The fraction of sp³-hybridized carbons (Fsp3) is 0.583. The van der Waals surface area contributed by atoms with Crippen LogP contribution in [0.4, 0.5) is 15.9 Å². The van der Waals surface area contributed by atoms with E-state index in [1.807, 2.05) is 18.2 Å². The number of carbonyl (C=O) groups excluding carboxylic acids is 1. The number of esters is 1. The first kappa shape index (κ1) is 21.2. The molecule has 8 heteroatoms. The molecule has 0 saturated carbocycles. The van der Waals surface area contributed by atoms with Crippen LogP contribution < -0.4 is 9.80 Å². The zero-order valence-electron chi connectivity index (χ0n) is 18.6. The lowest BCUT2D eigenvalue weighted by molar-refractivity contribution is -0.149. The second-order valence-electron chi connectivity index (χ2n) is 9.46. The van der Waals surface area contributed by atoms with Gasteiger partial charge in [-0.15, -0.1) is 0 Å². The fourth-order valence-corrected chi connectivity index (χ4v) is 5.52. The third kappa shape index (κ3) is 4.20. The number of hydrogen-bond donors (Lipinski definition) is 0. The maximum atomic E-state index is 13.2. The standard InChI is InChI=1S/C24H31FN4O3/c1-18-17-27(13-14-29(18)20-4-2-19(25)3-5-20)10-6-21-16-24(23(30)32-21)8-11-28(12-9-24)22-7-15-31-26-22/h2-5,7,15,18,21H,6,8-14,16-17H2,1H3/t18-,21+/m1/s1. The summed E-state index contributed by atoms with van der Waals surface area (Å²) in [5.74, 6) is 0.626. The van der Waals surface area contributed by atoms with Gasteiger partial charge < -0.3 is 19.1 Å². The quantitative estimate of drug-likeness (QED) is 0.659. The first-order valence-corrected chi connectivity index (χ1v) is 11.6. The summed E-state index contributed by atoms with van der Waals surface area (Å²) in [6, 6.07) is 8.97.